The summed E-state index contributed by atoms with van der Waals surface area (Å²) in [5, 5.41) is 0. The van der Waals surface area contributed by atoms with Crippen molar-refractivity contribution in [3.05, 3.63) is 24.3 Å². The molecule has 2 aliphatic rings. The maximum atomic E-state index is 11.4. The van der Waals surface area contributed by atoms with E-state index in [2.05, 4.69) is 4.90 Å². The van der Waals surface area contributed by atoms with E-state index in [1.807, 2.05) is 12.1 Å². The molecule has 4 nitrogen and oxygen atoms in total. The molecule has 0 N–H and O–H groups in total. The van der Waals surface area contributed by atoms with Crippen LogP contribution in [0, 0.1) is 5.41 Å². The molecule has 104 valence electrons. The topological polar surface area (TPSA) is 46.6 Å². The normalized spacial score (nSPS) is 27.3. The molecule has 1 atom stereocenters. The van der Waals surface area contributed by atoms with Gasteiger partial charge in [-0.05, 0) is 37.1 Å². The third-order valence-corrected chi connectivity index (χ3v) is 5.38. The molecule has 1 aromatic carbocycles. The average molecular weight is 281 g/mol. The van der Waals surface area contributed by atoms with E-state index < -0.39 is 9.84 Å². The van der Waals surface area contributed by atoms with Crippen LogP contribution in [0.25, 0.3) is 0 Å². The van der Waals surface area contributed by atoms with Crippen LogP contribution < -0.4 is 4.90 Å². The minimum atomic E-state index is -3.10. The molecule has 1 spiro atoms. The number of hydrogen-bond donors (Lipinski definition) is 0. The molecule has 0 aromatic heterocycles. The molecule has 0 amide bonds. The van der Waals surface area contributed by atoms with E-state index in [0.29, 0.717) is 10.3 Å². The number of ether oxygens (including phenoxy) is 1. The Morgan fingerprint density at radius 1 is 1.21 bits per heavy atom. The van der Waals surface area contributed by atoms with E-state index in [0.717, 1.165) is 38.4 Å². The zero-order valence-electron chi connectivity index (χ0n) is 11.1. The molecule has 0 radical (unpaired) electrons. The third kappa shape index (κ3) is 2.49. The van der Waals surface area contributed by atoms with Crippen LogP contribution >= 0.6 is 0 Å². The lowest BCUT2D eigenvalue weighted by Crippen LogP contribution is -2.27. The van der Waals surface area contributed by atoms with Crippen molar-refractivity contribution in [3.63, 3.8) is 0 Å². The SMILES string of the molecule is CS(=O)(=O)c1ccc(N2CCC3(CCOC3)C2)cc1. The second-order valence-electron chi connectivity index (χ2n) is 5.74. The molecule has 2 saturated heterocycles. The fraction of sp³-hybridized carbons (Fsp3) is 0.571. The zero-order chi connectivity index (χ0) is 13.5. The van der Waals surface area contributed by atoms with Crippen LogP contribution in [0.2, 0.25) is 0 Å². The summed E-state index contributed by atoms with van der Waals surface area (Å²) in [7, 11) is -3.10. The molecule has 2 heterocycles. The second-order valence-corrected chi connectivity index (χ2v) is 7.76. The van der Waals surface area contributed by atoms with Gasteiger partial charge in [-0.3, -0.25) is 0 Å². The second kappa shape index (κ2) is 4.49. The Morgan fingerprint density at radius 3 is 2.53 bits per heavy atom. The van der Waals surface area contributed by atoms with Crippen molar-refractivity contribution >= 4 is 15.5 Å². The van der Waals surface area contributed by atoms with Gasteiger partial charge in [-0.25, -0.2) is 8.42 Å². The molecule has 1 unspecified atom stereocenters. The van der Waals surface area contributed by atoms with Gasteiger partial charge in [0.2, 0.25) is 0 Å². The van der Waals surface area contributed by atoms with Crippen LogP contribution in [0.1, 0.15) is 12.8 Å². The van der Waals surface area contributed by atoms with Gasteiger partial charge in [0.15, 0.2) is 9.84 Å². The van der Waals surface area contributed by atoms with Crippen LogP contribution in [-0.4, -0.2) is 41.0 Å². The first kappa shape index (κ1) is 12.9. The minimum Gasteiger partial charge on any atom is -0.381 e. The van der Waals surface area contributed by atoms with Gasteiger partial charge in [0.1, 0.15) is 0 Å². The Hall–Kier alpha value is -1.07. The lowest BCUT2D eigenvalue weighted by atomic mass is 9.87. The summed E-state index contributed by atoms with van der Waals surface area (Å²) in [4.78, 5) is 2.72. The van der Waals surface area contributed by atoms with Crippen LogP contribution in [0.3, 0.4) is 0 Å². The average Bonchev–Trinajstić information content (AvgIpc) is 3.00. The summed E-state index contributed by atoms with van der Waals surface area (Å²) in [5.74, 6) is 0. The van der Waals surface area contributed by atoms with Gasteiger partial charge in [-0.1, -0.05) is 0 Å². The summed E-state index contributed by atoms with van der Waals surface area (Å²) in [6, 6.07) is 7.21. The summed E-state index contributed by atoms with van der Waals surface area (Å²) in [6.07, 6.45) is 3.55. The van der Waals surface area contributed by atoms with Crippen LogP contribution in [0.15, 0.2) is 29.2 Å². The van der Waals surface area contributed by atoms with Gasteiger partial charge >= 0.3 is 0 Å². The first-order valence-corrected chi connectivity index (χ1v) is 8.51. The molecule has 0 aliphatic carbocycles. The number of anilines is 1. The van der Waals surface area contributed by atoms with Crippen molar-refractivity contribution in [1.82, 2.24) is 0 Å². The quantitative estimate of drug-likeness (QED) is 0.828. The lowest BCUT2D eigenvalue weighted by molar-refractivity contribution is 0.160. The largest absolute Gasteiger partial charge is 0.381 e. The Morgan fingerprint density at radius 2 is 1.95 bits per heavy atom. The highest BCUT2D eigenvalue weighted by atomic mass is 32.2. The standard InChI is InChI=1S/C14H19NO3S/c1-19(16,17)13-4-2-12(3-5-13)15-8-6-14(10-15)7-9-18-11-14/h2-5H,6-11H2,1H3. The van der Waals surface area contributed by atoms with Crippen LogP contribution in [0.5, 0.6) is 0 Å². The number of sulfone groups is 1. The van der Waals surface area contributed by atoms with Gasteiger partial charge in [0, 0.05) is 37.1 Å². The van der Waals surface area contributed by atoms with Gasteiger partial charge in [0.05, 0.1) is 11.5 Å². The molecule has 0 saturated carbocycles. The smallest absolute Gasteiger partial charge is 0.175 e. The van der Waals surface area contributed by atoms with Gasteiger partial charge in [-0.2, -0.15) is 0 Å². The third-order valence-electron chi connectivity index (χ3n) is 4.25. The van der Waals surface area contributed by atoms with E-state index in [1.54, 1.807) is 12.1 Å². The van der Waals surface area contributed by atoms with E-state index >= 15 is 0 Å². The first-order valence-electron chi connectivity index (χ1n) is 6.61. The van der Waals surface area contributed by atoms with Crippen LogP contribution in [-0.2, 0) is 14.6 Å². The number of hydrogen-bond acceptors (Lipinski definition) is 4. The molecule has 2 fully saturated rings. The first-order chi connectivity index (χ1) is 8.99. The van der Waals surface area contributed by atoms with Gasteiger partial charge in [0.25, 0.3) is 0 Å². The highest BCUT2D eigenvalue weighted by molar-refractivity contribution is 7.90. The summed E-state index contributed by atoms with van der Waals surface area (Å²) < 4.78 is 28.4. The summed E-state index contributed by atoms with van der Waals surface area (Å²) in [5.41, 5.74) is 1.44. The molecule has 0 bridgehead atoms. The van der Waals surface area contributed by atoms with E-state index in [1.165, 1.54) is 12.7 Å². The molecule has 3 rings (SSSR count). The predicted octanol–water partition coefficient (Wildman–Crippen LogP) is 1.71. The molecule has 1 aromatic rings. The maximum Gasteiger partial charge on any atom is 0.175 e. The van der Waals surface area contributed by atoms with Crippen LogP contribution in [0.4, 0.5) is 5.69 Å². The van der Waals surface area contributed by atoms with Gasteiger partial charge < -0.3 is 9.64 Å². The highest BCUT2D eigenvalue weighted by Gasteiger charge is 2.41. The number of benzene rings is 1. The predicted molar refractivity (Wildman–Crippen MR) is 74.3 cm³/mol. The molecule has 5 heteroatoms. The number of nitrogens with zero attached hydrogens (tertiary/aromatic N) is 1. The Labute approximate surface area is 114 Å². The van der Waals surface area contributed by atoms with Crippen molar-refractivity contribution < 1.29 is 13.2 Å². The summed E-state index contributed by atoms with van der Waals surface area (Å²) in [6.45, 7) is 3.79. The lowest BCUT2D eigenvalue weighted by Gasteiger charge is -2.23. The molecule has 19 heavy (non-hydrogen) atoms. The van der Waals surface area contributed by atoms with E-state index in [-0.39, 0.29) is 0 Å². The van der Waals surface area contributed by atoms with Crippen molar-refractivity contribution in [2.75, 3.05) is 37.5 Å². The zero-order valence-corrected chi connectivity index (χ0v) is 11.9. The van der Waals surface area contributed by atoms with Crippen molar-refractivity contribution in [1.29, 1.82) is 0 Å². The highest BCUT2D eigenvalue weighted by Crippen LogP contribution is 2.39. The number of rotatable bonds is 2. The van der Waals surface area contributed by atoms with E-state index in [9.17, 15) is 8.42 Å². The fourth-order valence-corrected chi connectivity index (χ4v) is 3.66. The molecular weight excluding hydrogens is 262 g/mol. The minimum absolute atomic E-state index is 0.329. The van der Waals surface area contributed by atoms with E-state index in [4.69, 9.17) is 4.74 Å². The van der Waals surface area contributed by atoms with Crippen molar-refractivity contribution in [2.24, 2.45) is 5.41 Å². The molecular formula is C14H19NO3S. The Bertz CT molecular complexity index is 559. The maximum absolute atomic E-state index is 11.4. The summed E-state index contributed by atoms with van der Waals surface area (Å²) >= 11 is 0. The fourth-order valence-electron chi connectivity index (χ4n) is 3.03. The Kier molecular flexibility index (Phi) is 3.06. The van der Waals surface area contributed by atoms with Gasteiger partial charge in [-0.15, -0.1) is 0 Å². The van der Waals surface area contributed by atoms with Crippen molar-refractivity contribution in [2.45, 2.75) is 17.7 Å². The molecule has 2 aliphatic heterocycles. The Balaban J connectivity index is 1.77. The monoisotopic (exact) mass is 281 g/mol. The van der Waals surface area contributed by atoms with Crippen molar-refractivity contribution in [3.8, 4) is 0 Å².